The molecule has 1 aliphatic rings. The zero-order chi connectivity index (χ0) is 13.9. The summed E-state index contributed by atoms with van der Waals surface area (Å²) in [6, 6.07) is 7.62. The molecule has 1 aromatic carbocycles. The van der Waals surface area contributed by atoms with E-state index < -0.39 is 11.6 Å². The molecule has 1 saturated heterocycles. The van der Waals surface area contributed by atoms with E-state index in [-0.39, 0.29) is 6.42 Å². The van der Waals surface area contributed by atoms with E-state index in [4.69, 9.17) is 9.84 Å². The topological polar surface area (TPSA) is 70.0 Å². The highest BCUT2D eigenvalue weighted by molar-refractivity contribution is 5.69. The predicted octanol–water partition coefficient (Wildman–Crippen LogP) is 1.50. The van der Waals surface area contributed by atoms with Gasteiger partial charge in [-0.05, 0) is 25.5 Å². The number of para-hydroxylation sites is 2. The molecule has 2 N–H and O–H groups in total. The minimum Gasteiger partial charge on any atom is -0.492 e. The van der Waals surface area contributed by atoms with Gasteiger partial charge in [0, 0.05) is 13.1 Å². The van der Waals surface area contributed by atoms with Crippen molar-refractivity contribution in [2.24, 2.45) is 0 Å². The van der Waals surface area contributed by atoms with Crippen LogP contribution in [0.2, 0.25) is 0 Å². The third-order valence-electron chi connectivity index (χ3n) is 3.32. The van der Waals surface area contributed by atoms with E-state index in [0.29, 0.717) is 26.1 Å². The standard InChI is InChI=1S/C14H19NO4/c1-2-19-12-6-4-3-5-11(12)15-8-7-14(18,10-15)9-13(16)17/h3-6,18H,2,7-10H2,1H3,(H,16,17). The number of carbonyl (C=O) groups is 1. The largest absolute Gasteiger partial charge is 0.492 e. The molecular formula is C14H19NO4. The van der Waals surface area contributed by atoms with Gasteiger partial charge in [-0.3, -0.25) is 4.79 Å². The first-order valence-corrected chi connectivity index (χ1v) is 6.45. The van der Waals surface area contributed by atoms with Crippen molar-refractivity contribution in [2.45, 2.75) is 25.4 Å². The van der Waals surface area contributed by atoms with E-state index >= 15 is 0 Å². The van der Waals surface area contributed by atoms with Crippen LogP contribution in [0.5, 0.6) is 5.75 Å². The maximum atomic E-state index is 10.8. The summed E-state index contributed by atoms with van der Waals surface area (Å²) in [7, 11) is 0. The van der Waals surface area contributed by atoms with Gasteiger partial charge >= 0.3 is 5.97 Å². The van der Waals surface area contributed by atoms with Gasteiger partial charge in [0.15, 0.2) is 0 Å². The van der Waals surface area contributed by atoms with E-state index in [0.717, 1.165) is 11.4 Å². The van der Waals surface area contributed by atoms with Crippen molar-refractivity contribution >= 4 is 11.7 Å². The van der Waals surface area contributed by atoms with Crippen LogP contribution in [0.1, 0.15) is 19.8 Å². The second kappa shape index (κ2) is 5.48. The number of ether oxygens (including phenoxy) is 1. The molecule has 1 fully saturated rings. The van der Waals surface area contributed by atoms with Gasteiger partial charge in [-0.25, -0.2) is 0 Å². The Hall–Kier alpha value is -1.75. The number of β-amino-alcohol motifs (C(OH)–C–C–N with tert-alkyl or cyclic N) is 1. The molecule has 1 atom stereocenters. The quantitative estimate of drug-likeness (QED) is 0.844. The molecule has 19 heavy (non-hydrogen) atoms. The van der Waals surface area contributed by atoms with Crippen molar-refractivity contribution < 1.29 is 19.7 Å². The smallest absolute Gasteiger partial charge is 0.306 e. The number of aliphatic carboxylic acids is 1. The number of benzene rings is 1. The van der Waals surface area contributed by atoms with E-state index in [2.05, 4.69) is 0 Å². The Morgan fingerprint density at radius 2 is 2.21 bits per heavy atom. The van der Waals surface area contributed by atoms with Crippen molar-refractivity contribution in [3.8, 4) is 5.75 Å². The zero-order valence-electron chi connectivity index (χ0n) is 11.0. The van der Waals surface area contributed by atoms with Crippen molar-refractivity contribution in [3.63, 3.8) is 0 Å². The van der Waals surface area contributed by atoms with Gasteiger partial charge in [0.2, 0.25) is 0 Å². The summed E-state index contributed by atoms with van der Waals surface area (Å²) in [4.78, 5) is 12.7. The lowest BCUT2D eigenvalue weighted by atomic mass is 9.99. The maximum absolute atomic E-state index is 10.8. The van der Waals surface area contributed by atoms with Crippen LogP contribution in [0.3, 0.4) is 0 Å². The summed E-state index contributed by atoms with van der Waals surface area (Å²) in [6.07, 6.45) is 0.236. The molecule has 0 bridgehead atoms. The highest BCUT2D eigenvalue weighted by Crippen LogP contribution is 2.34. The Kier molecular flexibility index (Phi) is 3.95. The van der Waals surface area contributed by atoms with Gasteiger partial charge in [-0.2, -0.15) is 0 Å². The predicted molar refractivity (Wildman–Crippen MR) is 71.6 cm³/mol. The molecule has 5 nitrogen and oxygen atoms in total. The second-order valence-electron chi connectivity index (χ2n) is 4.87. The molecule has 104 valence electrons. The number of rotatable bonds is 5. The fraction of sp³-hybridized carbons (Fsp3) is 0.500. The number of anilines is 1. The molecule has 0 spiro atoms. The van der Waals surface area contributed by atoms with Crippen molar-refractivity contribution in [2.75, 3.05) is 24.6 Å². The van der Waals surface area contributed by atoms with Crippen LogP contribution in [0.4, 0.5) is 5.69 Å². The van der Waals surface area contributed by atoms with Crippen LogP contribution < -0.4 is 9.64 Å². The average Bonchev–Trinajstić information content (AvgIpc) is 2.71. The fourth-order valence-electron chi connectivity index (χ4n) is 2.48. The molecule has 0 amide bonds. The number of hydrogen-bond acceptors (Lipinski definition) is 4. The van der Waals surface area contributed by atoms with E-state index in [1.54, 1.807) is 0 Å². The number of carboxylic acids is 1. The lowest BCUT2D eigenvalue weighted by Gasteiger charge is -2.24. The van der Waals surface area contributed by atoms with Gasteiger partial charge in [0.25, 0.3) is 0 Å². The van der Waals surface area contributed by atoms with Gasteiger partial charge in [-0.15, -0.1) is 0 Å². The molecule has 0 radical (unpaired) electrons. The number of aliphatic hydroxyl groups is 1. The summed E-state index contributed by atoms with van der Waals surface area (Å²) in [5.74, 6) is -0.202. The summed E-state index contributed by atoms with van der Waals surface area (Å²) < 4.78 is 5.56. The Morgan fingerprint density at radius 1 is 1.47 bits per heavy atom. The van der Waals surface area contributed by atoms with Crippen LogP contribution in [-0.2, 0) is 4.79 Å². The molecule has 0 aromatic heterocycles. The van der Waals surface area contributed by atoms with E-state index in [9.17, 15) is 9.90 Å². The molecule has 1 aliphatic heterocycles. The molecule has 0 aliphatic carbocycles. The lowest BCUT2D eigenvalue weighted by Crippen LogP contribution is -2.35. The summed E-state index contributed by atoms with van der Waals surface area (Å²) in [5.41, 5.74) is -0.240. The van der Waals surface area contributed by atoms with Gasteiger partial charge in [0.05, 0.1) is 24.3 Å². The molecule has 2 rings (SSSR count). The van der Waals surface area contributed by atoms with Gasteiger partial charge < -0.3 is 19.8 Å². The fourth-order valence-corrected chi connectivity index (χ4v) is 2.48. The van der Waals surface area contributed by atoms with Gasteiger partial charge in [-0.1, -0.05) is 12.1 Å². The van der Waals surface area contributed by atoms with Crippen LogP contribution in [-0.4, -0.2) is 41.5 Å². The Morgan fingerprint density at radius 3 is 2.89 bits per heavy atom. The minimum absolute atomic E-state index is 0.222. The zero-order valence-corrected chi connectivity index (χ0v) is 11.0. The summed E-state index contributed by atoms with van der Waals surface area (Å²) in [6.45, 7) is 3.45. The minimum atomic E-state index is -1.15. The average molecular weight is 265 g/mol. The highest BCUT2D eigenvalue weighted by atomic mass is 16.5. The first-order valence-electron chi connectivity index (χ1n) is 6.45. The second-order valence-corrected chi connectivity index (χ2v) is 4.87. The number of nitrogens with zero attached hydrogens (tertiary/aromatic N) is 1. The van der Waals surface area contributed by atoms with Crippen molar-refractivity contribution in [3.05, 3.63) is 24.3 Å². The number of hydrogen-bond donors (Lipinski definition) is 2. The normalized spacial score (nSPS) is 22.5. The summed E-state index contributed by atoms with van der Waals surface area (Å²) >= 11 is 0. The molecule has 1 aromatic rings. The first kappa shape index (κ1) is 13.7. The monoisotopic (exact) mass is 265 g/mol. The maximum Gasteiger partial charge on any atom is 0.306 e. The van der Waals surface area contributed by atoms with Crippen LogP contribution in [0.25, 0.3) is 0 Å². The Labute approximate surface area is 112 Å². The SMILES string of the molecule is CCOc1ccccc1N1CCC(O)(CC(=O)O)C1. The third-order valence-corrected chi connectivity index (χ3v) is 3.32. The molecule has 1 heterocycles. The molecule has 0 saturated carbocycles. The number of carboxylic acid groups (broad SMARTS) is 1. The van der Waals surface area contributed by atoms with Crippen molar-refractivity contribution in [1.29, 1.82) is 0 Å². The van der Waals surface area contributed by atoms with Crippen LogP contribution in [0, 0.1) is 0 Å². The van der Waals surface area contributed by atoms with Crippen LogP contribution in [0.15, 0.2) is 24.3 Å². The van der Waals surface area contributed by atoms with E-state index in [1.807, 2.05) is 36.1 Å². The van der Waals surface area contributed by atoms with E-state index in [1.165, 1.54) is 0 Å². The van der Waals surface area contributed by atoms with Gasteiger partial charge in [0.1, 0.15) is 5.75 Å². The van der Waals surface area contributed by atoms with Crippen molar-refractivity contribution in [1.82, 2.24) is 0 Å². The Balaban J connectivity index is 2.14. The molecule has 1 unspecified atom stereocenters. The summed E-state index contributed by atoms with van der Waals surface area (Å²) in [5, 5.41) is 19.1. The molecule has 5 heteroatoms. The first-order chi connectivity index (χ1) is 9.04. The lowest BCUT2D eigenvalue weighted by molar-refractivity contribution is -0.141. The third kappa shape index (κ3) is 3.17. The van der Waals surface area contributed by atoms with Crippen LogP contribution >= 0.6 is 0 Å². The Bertz CT molecular complexity index is 463. The molecular weight excluding hydrogens is 246 g/mol. The highest BCUT2D eigenvalue weighted by Gasteiger charge is 2.38.